The van der Waals surface area contributed by atoms with Crippen LogP contribution in [0.25, 0.3) is 0 Å². The van der Waals surface area contributed by atoms with Crippen molar-refractivity contribution in [1.29, 1.82) is 0 Å². The fraction of sp³-hybridized carbons (Fsp3) is 0.372. The minimum Gasteiger partial charge on any atom is -0.484 e. The average molecular weight is 850 g/mol. The zero-order valence-corrected chi connectivity index (χ0v) is 36.0. The number of benzene rings is 3. The Morgan fingerprint density at radius 2 is 1.62 bits per heavy atom. The molecule has 1 heterocycles. The summed E-state index contributed by atoms with van der Waals surface area (Å²) < 4.78 is 11.2. The zero-order valence-electron chi connectivity index (χ0n) is 33.6. The summed E-state index contributed by atoms with van der Waals surface area (Å²) in [4.78, 5) is 55.4. The van der Waals surface area contributed by atoms with E-state index in [1.165, 1.54) is 28.7 Å². The topological polar surface area (TPSA) is 150 Å². The molecule has 0 bridgehead atoms. The Bertz CT molecular complexity index is 1970. The van der Waals surface area contributed by atoms with Crippen LogP contribution in [0.15, 0.2) is 96.1 Å². The van der Waals surface area contributed by atoms with E-state index in [-0.39, 0.29) is 30.6 Å². The number of carbonyl (C=O) groups is 4. The van der Waals surface area contributed by atoms with Crippen molar-refractivity contribution in [2.45, 2.75) is 71.0 Å². The van der Waals surface area contributed by atoms with Gasteiger partial charge in [0.1, 0.15) is 11.4 Å². The molecule has 4 amide bonds. The number of urea groups is 1. The highest BCUT2D eigenvalue weighted by atomic mass is 35.5. The Balaban J connectivity index is 1.45. The summed E-state index contributed by atoms with van der Waals surface area (Å²) in [6.45, 7) is 9.34. The van der Waals surface area contributed by atoms with Crippen molar-refractivity contribution < 1.29 is 28.7 Å². The maximum Gasteiger partial charge on any atom is 0.335 e. The first kappa shape index (κ1) is 45.8. The van der Waals surface area contributed by atoms with E-state index in [1.54, 1.807) is 39.0 Å². The molecule has 15 heteroatoms. The van der Waals surface area contributed by atoms with E-state index in [2.05, 4.69) is 43.5 Å². The predicted molar refractivity (Wildman–Crippen MR) is 234 cm³/mol. The van der Waals surface area contributed by atoms with Gasteiger partial charge in [0.05, 0.1) is 23.1 Å². The van der Waals surface area contributed by atoms with Gasteiger partial charge in [-0.25, -0.2) is 10.2 Å². The molecule has 0 unspecified atom stereocenters. The molecule has 58 heavy (non-hydrogen) atoms. The molecular formula is C43H53ClN6O6S2. The summed E-state index contributed by atoms with van der Waals surface area (Å²) in [5.41, 5.74) is 5.24. The van der Waals surface area contributed by atoms with Crippen molar-refractivity contribution in [2.75, 3.05) is 32.5 Å². The fourth-order valence-corrected chi connectivity index (χ4v) is 7.88. The third-order valence-electron chi connectivity index (χ3n) is 8.24. The number of hydrogen-bond acceptors (Lipinski definition) is 10. The number of amides is 4. The summed E-state index contributed by atoms with van der Waals surface area (Å²) in [7, 11) is 2.03. The number of nitrogens with zero attached hydrogens (tertiary/aromatic N) is 2. The largest absolute Gasteiger partial charge is 0.484 e. The second-order valence-corrected chi connectivity index (χ2v) is 17.0. The maximum atomic E-state index is 13.8. The lowest BCUT2D eigenvalue weighted by atomic mass is 10.1. The lowest BCUT2D eigenvalue weighted by Crippen LogP contribution is -2.45. The minimum absolute atomic E-state index is 0.0689. The highest BCUT2D eigenvalue weighted by Crippen LogP contribution is 2.23. The molecule has 0 spiro atoms. The molecule has 4 N–H and O–H groups in total. The molecule has 1 atom stereocenters. The monoisotopic (exact) mass is 848 g/mol. The van der Waals surface area contributed by atoms with Crippen molar-refractivity contribution in [3.05, 3.63) is 122 Å². The van der Waals surface area contributed by atoms with Gasteiger partial charge in [-0.2, -0.15) is 16.9 Å². The number of nitrogens with one attached hydrogen (secondary N) is 4. The number of hydrogen-bond donors (Lipinski definition) is 4. The number of halogens is 1. The van der Waals surface area contributed by atoms with Crippen LogP contribution < -0.4 is 26.1 Å². The Labute approximate surface area is 354 Å². The quantitative estimate of drug-likeness (QED) is 0.0391. The number of hydrazone groups is 1. The van der Waals surface area contributed by atoms with Crippen LogP contribution in [-0.2, 0) is 39.6 Å². The number of thiophene rings is 1. The number of likely N-dealkylation sites (N-methyl/N-ethyl adjacent to an activating group) is 1. The van der Waals surface area contributed by atoms with Crippen molar-refractivity contribution in [3.8, 4) is 5.75 Å². The molecule has 3 aromatic carbocycles. The van der Waals surface area contributed by atoms with Crippen molar-refractivity contribution in [3.63, 3.8) is 0 Å². The van der Waals surface area contributed by atoms with E-state index in [1.807, 2.05) is 74.6 Å². The maximum absolute atomic E-state index is 13.8. The predicted octanol–water partition coefficient (Wildman–Crippen LogP) is 7.21. The Hall–Kier alpha value is -4.89. The Morgan fingerprint density at radius 1 is 0.897 bits per heavy atom. The van der Waals surface area contributed by atoms with Crippen molar-refractivity contribution in [1.82, 2.24) is 26.3 Å². The summed E-state index contributed by atoms with van der Waals surface area (Å²) >= 11 is 9.29. The van der Waals surface area contributed by atoms with Crippen LogP contribution in [0.3, 0.4) is 0 Å². The molecule has 310 valence electrons. The smallest absolute Gasteiger partial charge is 0.335 e. The summed E-state index contributed by atoms with van der Waals surface area (Å²) in [5, 5.41) is 13.6. The zero-order chi connectivity index (χ0) is 41.9. The van der Waals surface area contributed by atoms with Gasteiger partial charge >= 0.3 is 12.0 Å². The van der Waals surface area contributed by atoms with Crippen molar-refractivity contribution in [2.24, 2.45) is 5.10 Å². The SMILES string of the molecule is CCNC(=O)COc1ccc(CCNC(=O)N/N=C(\CSCc2ccccc2Cl)[C@H](CC(=O)OC(C)(C)C)NC(=O)c2ccc(CN(C)Cc3ccccc3)s2)cc1. The number of esters is 1. The molecule has 0 aliphatic rings. The molecular weight excluding hydrogens is 796 g/mol. The van der Waals surface area contributed by atoms with Gasteiger partial charge in [0, 0.05) is 47.6 Å². The van der Waals surface area contributed by atoms with Gasteiger partial charge < -0.3 is 25.4 Å². The number of rotatable bonds is 21. The third-order valence-corrected chi connectivity index (χ3v) is 10.7. The summed E-state index contributed by atoms with van der Waals surface area (Å²) in [6, 6.07) is 27.2. The van der Waals surface area contributed by atoms with Crippen molar-refractivity contribution >= 4 is 64.2 Å². The van der Waals surface area contributed by atoms with E-state index < -0.39 is 23.6 Å². The van der Waals surface area contributed by atoms with Crippen LogP contribution in [-0.4, -0.2) is 78.6 Å². The van der Waals surface area contributed by atoms with Crippen LogP contribution >= 0.6 is 34.7 Å². The highest BCUT2D eigenvalue weighted by molar-refractivity contribution is 7.99. The fourth-order valence-electron chi connectivity index (χ4n) is 5.56. The van der Waals surface area contributed by atoms with Gasteiger partial charge in [0.25, 0.3) is 11.8 Å². The molecule has 1 aromatic heterocycles. The van der Waals surface area contributed by atoms with Crippen LogP contribution in [0.1, 0.15) is 65.4 Å². The Morgan fingerprint density at radius 3 is 2.33 bits per heavy atom. The minimum atomic E-state index is -0.901. The number of ether oxygens (including phenoxy) is 2. The van der Waals surface area contributed by atoms with Crippen LogP contribution in [0.2, 0.25) is 5.02 Å². The second kappa shape index (κ2) is 23.5. The first-order chi connectivity index (χ1) is 27.8. The molecule has 0 aliphatic carbocycles. The summed E-state index contributed by atoms with van der Waals surface area (Å²) in [6.07, 6.45) is 0.315. The number of carbonyl (C=O) groups excluding carboxylic acids is 4. The van der Waals surface area contributed by atoms with Crippen LogP contribution in [0.4, 0.5) is 4.79 Å². The molecule has 0 saturated heterocycles. The highest BCUT2D eigenvalue weighted by Gasteiger charge is 2.27. The molecule has 4 aromatic rings. The first-order valence-corrected chi connectivity index (χ1v) is 21.4. The molecule has 4 rings (SSSR count). The van der Waals surface area contributed by atoms with Gasteiger partial charge in [-0.3, -0.25) is 19.3 Å². The molecule has 0 aliphatic heterocycles. The van der Waals surface area contributed by atoms with E-state index in [4.69, 9.17) is 21.1 Å². The van der Waals surface area contributed by atoms with Gasteiger partial charge in [-0.1, -0.05) is 72.3 Å². The normalized spacial score (nSPS) is 12.1. The third kappa shape index (κ3) is 16.9. The van der Waals surface area contributed by atoms with E-state index >= 15 is 0 Å². The van der Waals surface area contributed by atoms with Crippen LogP contribution in [0, 0.1) is 0 Å². The molecule has 0 radical (unpaired) electrons. The lowest BCUT2D eigenvalue weighted by Gasteiger charge is -2.24. The lowest BCUT2D eigenvalue weighted by molar-refractivity contribution is -0.154. The molecule has 0 saturated carbocycles. The van der Waals surface area contributed by atoms with E-state index in [9.17, 15) is 19.2 Å². The first-order valence-electron chi connectivity index (χ1n) is 19.0. The van der Waals surface area contributed by atoms with Gasteiger partial charge in [-0.15, -0.1) is 11.3 Å². The molecule has 0 fully saturated rings. The van der Waals surface area contributed by atoms with E-state index in [0.29, 0.717) is 53.2 Å². The van der Waals surface area contributed by atoms with Gasteiger partial charge in [0.15, 0.2) is 6.61 Å². The molecule has 12 nitrogen and oxygen atoms in total. The van der Waals surface area contributed by atoms with Gasteiger partial charge in [-0.05, 0) is 88.2 Å². The average Bonchev–Trinajstić information content (AvgIpc) is 3.64. The standard InChI is InChI=1S/C43H53ClN6O6S2/c1-6-45-39(51)27-55-33-18-16-30(17-19-33)22-23-46-42(54)49-48-37(29-57-28-32-14-10-11-15-35(32)44)36(24-40(52)56-43(2,3)4)47-41(53)38-21-20-34(58-38)26-50(5)25-31-12-8-7-9-13-31/h7-21,36H,6,22-29H2,1-5H3,(H,45,51)(H,47,53)(H2,46,49,54)/b48-37+/t36-/m0/s1. The van der Waals surface area contributed by atoms with Gasteiger partial charge in [0.2, 0.25) is 0 Å². The summed E-state index contributed by atoms with van der Waals surface area (Å²) in [5.74, 6) is 0.256. The Kier molecular flexibility index (Phi) is 18.6. The van der Waals surface area contributed by atoms with E-state index in [0.717, 1.165) is 22.5 Å². The number of thioether (sulfide) groups is 1. The van der Waals surface area contributed by atoms with Crippen LogP contribution in [0.5, 0.6) is 5.75 Å². The second-order valence-electron chi connectivity index (χ2n) is 14.4.